The van der Waals surface area contributed by atoms with Gasteiger partial charge in [0.2, 0.25) is 0 Å². The summed E-state index contributed by atoms with van der Waals surface area (Å²) in [6, 6.07) is 7.06. The second kappa shape index (κ2) is 7.53. The van der Waals surface area contributed by atoms with Crippen LogP contribution in [0.2, 0.25) is 5.02 Å². The average molecular weight is 365 g/mol. The Morgan fingerprint density at radius 2 is 1.96 bits per heavy atom. The monoisotopic (exact) mass is 364 g/mol. The van der Waals surface area contributed by atoms with E-state index in [0.717, 1.165) is 31.6 Å². The Kier molecular flexibility index (Phi) is 5.41. The molecule has 1 amide bonds. The lowest BCUT2D eigenvalue weighted by atomic mass is 9.97. The van der Waals surface area contributed by atoms with Gasteiger partial charge in [-0.3, -0.25) is 4.79 Å². The van der Waals surface area contributed by atoms with Crippen molar-refractivity contribution in [3.63, 3.8) is 0 Å². The Hall–Kier alpha value is -1.59. The molecule has 0 N–H and O–H groups in total. The zero-order valence-corrected chi connectivity index (χ0v) is 15.5. The van der Waals surface area contributed by atoms with E-state index in [9.17, 15) is 4.79 Å². The molecule has 0 spiro atoms. The van der Waals surface area contributed by atoms with Crippen LogP contribution in [0.25, 0.3) is 0 Å². The Labute approximate surface area is 151 Å². The van der Waals surface area contributed by atoms with Gasteiger partial charge in [-0.15, -0.1) is 11.3 Å². The highest BCUT2D eigenvalue weighted by Gasteiger charge is 2.26. The molecule has 2 heterocycles. The molecule has 2 aromatic rings. The van der Waals surface area contributed by atoms with E-state index in [1.165, 1.54) is 9.88 Å². The molecule has 0 atom stereocenters. The first-order valence-electron chi connectivity index (χ1n) is 8.13. The second-order valence-corrected chi connectivity index (χ2v) is 7.76. The van der Waals surface area contributed by atoms with E-state index in [4.69, 9.17) is 16.3 Å². The van der Waals surface area contributed by atoms with Crippen molar-refractivity contribution in [3.8, 4) is 5.75 Å². The Morgan fingerprint density at radius 1 is 1.29 bits per heavy atom. The van der Waals surface area contributed by atoms with Gasteiger partial charge in [-0.05, 0) is 51.0 Å². The topological polar surface area (TPSA) is 42.4 Å². The highest BCUT2D eigenvalue weighted by molar-refractivity contribution is 7.11. The third-order valence-electron chi connectivity index (χ3n) is 4.42. The molecule has 1 aromatic heterocycles. The van der Waals surface area contributed by atoms with E-state index in [1.54, 1.807) is 35.6 Å². The fourth-order valence-corrected chi connectivity index (χ4v) is 4.03. The molecule has 1 aliphatic heterocycles. The quantitative estimate of drug-likeness (QED) is 0.816. The molecular weight excluding hydrogens is 344 g/mol. The summed E-state index contributed by atoms with van der Waals surface area (Å²) in [6.45, 7) is 5.78. The second-order valence-electron chi connectivity index (χ2n) is 6.09. The van der Waals surface area contributed by atoms with Gasteiger partial charge in [0.25, 0.3) is 5.91 Å². The van der Waals surface area contributed by atoms with E-state index in [0.29, 0.717) is 16.7 Å². The standard InChI is InChI=1S/C18H21ClN2O2S/c1-12-13(2)24-18(20-12)14-7-9-21(10-8-14)17(22)11-23-16-5-3-15(19)4-6-16/h3-6,14H,7-11H2,1-2H3. The van der Waals surface area contributed by atoms with Gasteiger partial charge in [0.15, 0.2) is 6.61 Å². The predicted molar refractivity (Wildman–Crippen MR) is 97.1 cm³/mol. The summed E-state index contributed by atoms with van der Waals surface area (Å²) in [7, 11) is 0. The van der Waals surface area contributed by atoms with E-state index in [2.05, 4.69) is 18.8 Å². The first kappa shape index (κ1) is 17.2. The zero-order chi connectivity index (χ0) is 17.1. The number of amides is 1. The van der Waals surface area contributed by atoms with Gasteiger partial charge in [-0.1, -0.05) is 11.6 Å². The number of benzene rings is 1. The molecule has 4 nitrogen and oxygen atoms in total. The molecule has 1 fully saturated rings. The lowest BCUT2D eigenvalue weighted by molar-refractivity contribution is -0.134. The van der Waals surface area contributed by atoms with Crippen molar-refractivity contribution >= 4 is 28.8 Å². The fourth-order valence-electron chi connectivity index (χ4n) is 2.82. The predicted octanol–water partition coefficient (Wildman–Crippen LogP) is 4.20. The summed E-state index contributed by atoms with van der Waals surface area (Å²) in [4.78, 5) is 20.1. The van der Waals surface area contributed by atoms with Gasteiger partial charge < -0.3 is 9.64 Å². The first-order chi connectivity index (χ1) is 11.5. The average Bonchev–Trinajstić information content (AvgIpc) is 2.93. The number of rotatable bonds is 4. The van der Waals surface area contributed by atoms with Crippen LogP contribution in [-0.4, -0.2) is 35.5 Å². The van der Waals surface area contributed by atoms with Gasteiger partial charge >= 0.3 is 0 Å². The van der Waals surface area contributed by atoms with Gasteiger partial charge in [-0.25, -0.2) is 4.98 Å². The van der Waals surface area contributed by atoms with Crippen LogP contribution in [0.3, 0.4) is 0 Å². The van der Waals surface area contributed by atoms with Crippen LogP contribution in [0.5, 0.6) is 5.75 Å². The lowest BCUT2D eigenvalue weighted by Crippen LogP contribution is -2.40. The number of piperidine rings is 1. The van der Waals surface area contributed by atoms with Crippen LogP contribution in [0, 0.1) is 13.8 Å². The summed E-state index contributed by atoms with van der Waals surface area (Å²) in [6.07, 6.45) is 1.94. The highest BCUT2D eigenvalue weighted by Crippen LogP contribution is 2.32. The van der Waals surface area contributed by atoms with E-state index in [1.807, 2.05) is 4.90 Å². The first-order valence-corrected chi connectivity index (χ1v) is 9.32. The minimum atomic E-state index is 0.0369. The van der Waals surface area contributed by atoms with Crippen molar-refractivity contribution < 1.29 is 9.53 Å². The Balaban J connectivity index is 1.48. The maximum Gasteiger partial charge on any atom is 0.260 e. The smallest absolute Gasteiger partial charge is 0.260 e. The van der Waals surface area contributed by atoms with Crippen LogP contribution in [0.4, 0.5) is 0 Å². The van der Waals surface area contributed by atoms with Crippen molar-refractivity contribution in [2.24, 2.45) is 0 Å². The maximum atomic E-state index is 12.3. The molecule has 0 aliphatic carbocycles. The van der Waals surface area contributed by atoms with Crippen molar-refractivity contribution in [1.29, 1.82) is 0 Å². The fraction of sp³-hybridized carbons (Fsp3) is 0.444. The van der Waals surface area contributed by atoms with Gasteiger partial charge in [0.1, 0.15) is 5.75 Å². The van der Waals surface area contributed by atoms with E-state index >= 15 is 0 Å². The van der Waals surface area contributed by atoms with E-state index < -0.39 is 0 Å². The molecule has 0 saturated carbocycles. The van der Waals surface area contributed by atoms with Crippen molar-refractivity contribution in [3.05, 3.63) is 44.9 Å². The summed E-state index contributed by atoms with van der Waals surface area (Å²) in [5.41, 5.74) is 1.13. The molecule has 1 saturated heterocycles. The summed E-state index contributed by atoms with van der Waals surface area (Å²) in [5.74, 6) is 1.18. The van der Waals surface area contributed by atoms with Crippen molar-refractivity contribution in [1.82, 2.24) is 9.88 Å². The van der Waals surface area contributed by atoms with E-state index in [-0.39, 0.29) is 12.5 Å². The molecule has 0 unspecified atom stereocenters. The molecule has 128 valence electrons. The summed E-state index contributed by atoms with van der Waals surface area (Å²) in [5, 5.41) is 1.87. The van der Waals surface area contributed by atoms with Crippen molar-refractivity contribution in [2.75, 3.05) is 19.7 Å². The summed E-state index contributed by atoms with van der Waals surface area (Å²) < 4.78 is 5.55. The lowest BCUT2D eigenvalue weighted by Gasteiger charge is -2.31. The number of carbonyl (C=O) groups is 1. The number of likely N-dealkylation sites (tertiary alicyclic amines) is 1. The number of aromatic nitrogens is 1. The summed E-state index contributed by atoms with van der Waals surface area (Å²) >= 11 is 7.63. The van der Waals surface area contributed by atoms with Gasteiger partial charge in [0, 0.05) is 28.9 Å². The number of hydrogen-bond donors (Lipinski definition) is 0. The zero-order valence-electron chi connectivity index (χ0n) is 13.9. The maximum absolute atomic E-state index is 12.3. The molecule has 3 rings (SSSR count). The number of thiazole rings is 1. The molecule has 0 bridgehead atoms. The molecular formula is C18H21ClN2O2S. The van der Waals surface area contributed by atoms with Crippen molar-refractivity contribution in [2.45, 2.75) is 32.6 Å². The molecule has 24 heavy (non-hydrogen) atoms. The minimum absolute atomic E-state index is 0.0369. The van der Waals surface area contributed by atoms with Gasteiger partial charge in [0.05, 0.1) is 10.7 Å². The third kappa shape index (κ3) is 4.08. The number of aryl methyl sites for hydroxylation is 2. The molecule has 0 radical (unpaired) electrons. The van der Waals surface area contributed by atoms with Crippen LogP contribution < -0.4 is 4.74 Å². The number of nitrogens with zero attached hydrogens (tertiary/aromatic N) is 2. The van der Waals surface area contributed by atoms with Crippen LogP contribution in [0.1, 0.15) is 34.3 Å². The number of halogens is 1. The van der Waals surface area contributed by atoms with Crippen LogP contribution >= 0.6 is 22.9 Å². The largest absolute Gasteiger partial charge is 0.484 e. The number of carbonyl (C=O) groups excluding carboxylic acids is 1. The molecule has 1 aliphatic rings. The Morgan fingerprint density at radius 3 is 2.54 bits per heavy atom. The number of hydrogen-bond acceptors (Lipinski definition) is 4. The SMILES string of the molecule is Cc1nc(C2CCN(C(=O)COc3ccc(Cl)cc3)CC2)sc1C. The molecule has 6 heteroatoms. The van der Waals surface area contributed by atoms with Crippen LogP contribution in [0.15, 0.2) is 24.3 Å². The van der Waals surface area contributed by atoms with Crippen LogP contribution in [-0.2, 0) is 4.79 Å². The third-order valence-corrected chi connectivity index (χ3v) is 5.91. The molecule has 1 aromatic carbocycles. The van der Waals surface area contributed by atoms with Gasteiger partial charge in [-0.2, -0.15) is 0 Å². The Bertz CT molecular complexity index is 687. The highest BCUT2D eigenvalue weighted by atomic mass is 35.5. The minimum Gasteiger partial charge on any atom is -0.484 e. The normalized spacial score (nSPS) is 15.5. The number of ether oxygens (including phenoxy) is 1.